The fourth-order valence-corrected chi connectivity index (χ4v) is 2.19. The van der Waals surface area contributed by atoms with Crippen molar-refractivity contribution in [1.82, 2.24) is 4.98 Å². The van der Waals surface area contributed by atoms with Crippen molar-refractivity contribution in [2.24, 2.45) is 5.73 Å². The fraction of sp³-hybridized carbons (Fsp3) is 0.154. The van der Waals surface area contributed by atoms with Crippen LogP contribution in [0.15, 0.2) is 47.2 Å². The molecule has 0 aliphatic rings. The second kappa shape index (κ2) is 5.29. The van der Waals surface area contributed by atoms with Crippen molar-refractivity contribution < 1.29 is 4.74 Å². The lowest BCUT2D eigenvalue weighted by atomic mass is 10.0. The highest BCUT2D eigenvalue weighted by Gasteiger charge is 2.10. The van der Waals surface area contributed by atoms with Gasteiger partial charge >= 0.3 is 0 Å². The standard InChI is InChI=1S/C13H13BrN2O/c1-17-12-5-4-9(7-11(12)14)13(15)10-3-2-6-16-8-10/h2-8,13H,15H2,1H3. The minimum atomic E-state index is -0.175. The van der Waals surface area contributed by atoms with E-state index in [0.29, 0.717) is 0 Å². The molecule has 0 spiro atoms. The summed E-state index contributed by atoms with van der Waals surface area (Å²) in [5.41, 5.74) is 8.18. The van der Waals surface area contributed by atoms with Crippen molar-refractivity contribution >= 4 is 15.9 Å². The normalized spacial score (nSPS) is 12.2. The molecule has 1 unspecified atom stereocenters. The average molecular weight is 293 g/mol. The van der Waals surface area contributed by atoms with Crippen molar-refractivity contribution in [2.75, 3.05) is 7.11 Å². The SMILES string of the molecule is COc1ccc(C(N)c2cccnc2)cc1Br. The van der Waals surface area contributed by atoms with E-state index in [0.717, 1.165) is 21.3 Å². The van der Waals surface area contributed by atoms with Crippen molar-refractivity contribution in [2.45, 2.75) is 6.04 Å². The largest absolute Gasteiger partial charge is 0.496 e. The van der Waals surface area contributed by atoms with E-state index in [4.69, 9.17) is 10.5 Å². The number of nitrogens with two attached hydrogens (primary N) is 1. The molecule has 2 aromatic rings. The third kappa shape index (κ3) is 2.65. The molecule has 0 bridgehead atoms. The maximum absolute atomic E-state index is 6.18. The Kier molecular flexibility index (Phi) is 3.76. The van der Waals surface area contributed by atoms with Crippen LogP contribution in [0.3, 0.4) is 0 Å². The van der Waals surface area contributed by atoms with Gasteiger partial charge in [0, 0.05) is 12.4 Å². The number of hydrogen-bond donors (Lipinski definition) is 1. The lowest BCUT2D eigenvalue weighted by Crippen LogP contribution is -2.12. The Balaban J connectivity index is 2.32. The average Bonchev–Trinajstić information content (AvgIpc) is 2.39. The van der Waals surface area contributed by atoms with Gasteiger partial charge in [0.15, 0.2) is 0 Å². The first-order valence-electron chi connectivity index (χ1n) is 5.21. The first-order valence-corrected chi connectivity index (χ1v) is 6.00. The molecule has 88 valence electrons. The van der Waals surface area contributed by atoms with Gasteiger partial charge < -0.3 is 10.5 Å². The molecule has 0 amide bonds. The third-order valence-corrected chi connectivity index (χ3v) is 3.20. The van der Waals surface area contributed by atoms with Crippen molar-refractivity contribution in [3.05, 3.63) is 58.3 Å². The molecule has 2 rings (SSSR count). The van der Waals surface area contributed by atoms with Crippen molar-refractivity contribution in [3.8, 4) is 5.75 Å². The number of pyridine rings is 1. The summed E-state index contributed by atoms with van der Waals surface area (Å²) in [6.07, 6.45) is 3.52. The van der Waals surface area contributed by atoms with Crippen LogP contribution in [0.25, 0.3) is 0 Å². The van der Waals surface area contributed by atoms with Gasteiger partial charge in [0.1, 0.15) is 5.75 Å². The van der Waals surface area contributed by atoms with Gasteiger partial charge in [-0.3, -0.25) is 4.98 Å². The Bertz CT molecular complexity index is 502. The predicted molar refractivity (Wildman–Crippen MR) is 71.0 cm³/mol. The number of hydrogen-bond acceptors (Lipinski definition) is 3. The van der Waals surface area contributed by atoms with Crippen LogP contribution in [0.4, 0.5) is 0 Å². The number of benzene rings is 1. The van der Waals surface area contributed by atoms with Gasteiger partial charge in [-0.25, -0.2) is 0 Å². The Labute approximate surface area is 109 Å². The highest BCUT2D eigenvalue weighted by Crippen LogP contribution is 2.29. The zero-order valence-electron chi connectivity index (χ0n) is 9.43. The van der Waals surface area contributed by atoms with Crippen LogP contribution in [0.5, 0.6) is 5.75 Å². The molecule has 1 heterocycles. The van der Waals surface area contributed by atoms with Crippen LogP contribution in [0.2, 0.25) is 0 Å². The number of aromatic nitrogens is 1. The molecule has 0 saturated heterocycles. The molecule has 3 nitrogen and oxygen atoms in total. The summed E-state index contributed by atoms with van der Waals surface area (Å²) in [7, 11) is 1.64. The van der Waals surface area contributed by atoms with Crippen LogP contribution >= 0.6 is 15.9 Å². The van der Waals surface area contributed by atoms with E-state index in [1.54, 1.807) is 19.5 Å². The number of nitrogens with zero attached hydrogens (tertiary/aromatic N) is 1. The molecular weight excluding hydrogens is 280 g/mol. The Morgan fingerprint density at radius 2 is 2.12 bits per heavy atom. The van der Waals surface area contributed by atoms with Crippen LogP contribution in [-0.2, 0) is 0 Å². The summed E-state index contributed by atoms with van der Waals surface area (Å²) in [5, 5.41) is 0. The van der Waals surface area contributed by atoms with Gasteiger partial charge in [0.2, 0.25) is 0 Å². The van der Waals surface area contributed by atoms with E-state index in [2.05, 4.69) is 20.9 Å². The Morgan fingerprint density at radius 1 is 1.29 bits per heavy atom. The molecule has 0 radical (unpaired) electrons. The summed E-state index contributed by atoms with van der Waals surface area (Å²) < 4.78 is 6.09. The van der Waals surface area contributed by atoms with E-state index >= 15 is 0 Å². The van der Waals surface area contributed by atoms with Crippen LogP contribution in [0.1, 0.15) is 17.2 Å². The van der Waals surface area contributed by atoms with E-state index in [9.17, 15) is 0 Å². The number of ether oxygens (including phenoxy) is 1. The number of halogens is 1. The fourth-order valence-electron chi connectivity index (χ4n) is 1.63. The molecule has 0 aliphatic heterocycles. The monoisotopic (exact) mass is 292 g/mol. The van der Waals surface area contributed by atoms with Gasteiger partial charge in [0.05, 0.1) is 17.6 Å². The smallest absolute Gasteiger partial charge is 0.133 e. The Hall–Kier alpha value is -1.39. The van der Waals surface area contributed by atoms with Crippen LogP contribution in [0, 0.1) is 0 Å². The van der Waals surface area contributed by atoms with Gasteiger partial charge in [-0.1, -0.05) is 12.1 Å². The topological polar surface area (TPSA) is 48.1 Å². The summed E-state index contributed by atoms with van der Waals surface area (Å²) in [6, 6.07) is 9.50. The van der Waals surface area contributed by atoms with Gasteiger partial charge in [-0.2, -0.15) is 0 Å². The molecule has 0 fully saturated rings. The summed E-state index contributed by atoms with van der Waals surface area (Å²) in [6.45, 7) is 0. The highest BCUT2D eigenvalue weighted by atomic mass is 79.9. The van der Waals surface area contributed by atoms with Crippen molar-refractivity contribution in [1.29, 1.82) is 0 Å². The molecule has 1 atom stereocenters. The van der Waals surface area contributed by atoms with E-state index in [1.807, 2.05) is 30.3 Å². The minimum absolute atomic E-state index is 0.175. The molecule has 17 heavy (non-hydrogen) atoms. The molecule has 2 N–H and O–H groups in total. The minimum Gasteiger partial charge on any atom is -0.496 e. The quantitative estimate of drug-likeness (QED) is 0.946. The van der Waals surface area contributed by atoms with Crippen molar-refractivity contribution in [3.63, 3.8) is 0 Å². The highest BCUT2D eigenvalue weighted by molar-refractivity contribution is 9.10. The molecule has 1 aromatic heterocycles. The first-order chi connectivity index (χ1) is 8.22. The maximum Gasteiger partial charge on any atom is 0.133 e. The molecular formula is C13H13BrN2O. The van der Waals surface area contributed by atoms with Gasteiger partial charge in [-0.15, -0.1) is 0 Å². The Morgan fingerprint density at radius 3 is 2.71 bits per heavy atom. The maximum atomic E-state index is 6.18. The lowest BCUT2D eigenvalue weighted by molar-refractivity contribution is 0.412. The third-order valence-electron chi connectivity index (χ3n) is 2.58. The number of methoxy groups -OCH3 is 1. The zero-order chi connectivity index (χ0) is 12.3. The second-order valence-corrected chi connectivity index (χ2v) is 4.51. The van der Waals surface area contributed by atoms with E-state index < -0.39 is 0 Å². The zero-order valence-corrected chi connectivity index (χ0v) is 11.0. The summed E-state index contributed by atoms with van der Waals surface area (Å²) in [4.78, 5) is 4.07. The van der Waals surface area contributed by atoms with E-state index in [-0.39, 0.29) is 6.04 Å². The van der Waals surface area contributed by atoms with Gasteiger partial charge in [0.25, 0.3) is 0 Å². The molecule has 0 saturated carbocycles. The van der Waals surface area contributed by atoms with Crippen LogP contribution in [-0.4, -0.2) is 12.1 Å². The van der Waals surface area contributed by atoms with Gasteiger partial charge in [-0.05, 0) is 45.3 Å². The molecule has 0 aliphatic carbocycles. The molecule has 4 heteroatoms. The predicted octanol–water partition coefficient (Wildman–Crippen LogP) is 2.90. The first kappa shape index (κ1) is 12.1. The van der Waals surface area contributed by atoms with E-state index in [1.165, 1.54) is 0 Å². The molecule has 1 aromatic carbocycles. The van der Waals surface area contributed by atoms with Crippen LogP contribution < -0.4 is 10.5 Å². The number of rotatable bonds is 3. The lowest BCUT2D eigenvalue weighted by Gasteiger charge is -2.13. The summed E-state index contributed by atoms with van der Waals surface area (Å²) in [5.74, 6) is 0.798. The summed E-state index contributed by atoms with van der Waals surface area (Å²) >= 11 is 3.45. The second-order valence-electron chi connectivity index (χ2n) is 3.66.